The van der Waals surface area contributed by atoms with E-state index in [1.165, 1.54) is 6.42 Å². The first-order chi connectivity index (χ1) is 9.36. The summed E-state index contributed by atoms with van der Waals surface area (Å²) in [6.45, 7) is 10.3. The zero-order valence-corrected chi connectivity index (χ0v) is 13.4. The number of carbonyl (C=O) groups is 2. The highest BCUT2D eigenvalue weighted by Crippen LogP contribution is 2.38. The molecule has 4 heteroatoms. The molecular weight excluding hydrogens is 254 g/mol. The van der Waals surface area contributed by atoms with Gasteiger partial charge in [-0.3, -0.25) is 4.79 Å². The second kappa shape index (κ2) is 7.65. The molecule has 1 amide bonds. The van der Waals surface area contributed by atoms with Crippen molar-refractivity contribution in [3.8, 4) is 0 Å². The lowest BCUT2D eigenvalue weighted by molar-refractivity contribution is -0.147. The molecule has 20 heavy (non-hydrogen) atoms. The molecule has 0 aromatic carbocycles. The fourth-order valence-electron chi connectivity index (χ4n) is 3.15. The van der Waals surface area contributed by atoms with Crippen LogP contribution >= 0.6 is 0 Å². The molecule has 1 aliphatic rings. The van der Waals surface area contributed by atoms with Gasteiger partial charge in [-0.1, -0.05) is 27.2 Å². The van der Waals surface area contributed by atoms with E-state index in [2.05, 4.69) is 26.1 Å². The van der Waals surface area contributed by atoms with Crippen LogP contribution in [0.25, 0.3) is 0 Å². The predicted molar refractivity (Wildman–Crippen MR) is 79.1 cm³/mol. The zero-order chi connectivity index (χ0) is 15.3. The SMILES string of the molecule is CCOC(=O)[C@@H](C)NC(=O)[C@@H]1C[C@H](C)CC[C@H]1C(C)C. The monoisotopic (exact) mass is 283 g/mol. The topological polar surface area (TPSA) is 55.4 Å². The average Bonchev–Trinajstić information content (AvgIpc) is 2.38. The number of ether oxygens (including phenoxy) is 1. The van der Waals surface area contributed by atoms with E-state index in [1.54, 1.807) is 13.8 Å². The highest BCUT2D eigenvalue weighted by atomic mass is 16.5. The van der Waals surface area contributed by atoms with Crippen LogP contribution in [-0.2, 0) is 14.3 Å². The van der Waals surface area contributed by atoms with Gasteiger partial charge in [-0.25, -0.2) is 4.79 Å². The van der Waals surface area contributed by atoms with Crippen molar-refractivity contribution in [1.82, 2.24) is 5.32 Å². The first-order valence-electron chi connectivity index (χ1n) is 7.83. The Kier molecular flexibility index (Phi) is 6.50. The van der Waals surface area contributed by atoms with Gasteiger partial charge in [0.05, 0.1) is 6.61 Å². The second-order valence-corrected chi connectivity index (χ2v) is 6.41. The summed E-state index contributed by atoms with van der Waals surface area (Å²) in [7, 11) is 0. The lowest BCUT2D eigenvalue weighted by Crippen LogP contribution is -2.46. The Morgan fingerprint density at radius 3 is 2.45 bits per heavy atom. The molecule has 0 aromatic rings. The van der Waals surface area contributed by atoms with Gasteiger partial charge < -0.3 is 10.1 Å². The quantitative estimate of drug-likeness (QED) is 0.789. The molecule has 1 rings (SSSR count). The molecular formula is C16H29NO3. The maximum atomic E-state index is 12.5. The molecule has 4 nitrogen and oxygen atoms in total. The van der Waals surface area contributed by atoms with E-state index < -0.39 is 6.04 Å². The summed E-state index contributed by atoms with van der Waals surface area (Å²) < 4.78 is 4.93. The largest absolute Gasteiger partial charge is 0.464 e. The Bertz CT molecular complexity index is 341. The average molecular weight is 283 g/mol. The van der Waals surface area contributed by atoms with Crippen LogP contribution in [0.4, 0.5) is 0 Å². The van der Waals surface area contributed by atoms with Gasteiger partial charge in [-0.15, -0.1) is 0 Å². The predicted octanol–water partition coefficient (Wildman–Crippen LogP) is 2.76. The van der Waals surface area contributed by atoms with Crippen LogP contribution in [0.1, 0.15) is 53.9 Å². The number of amides is 1. The van der Waals surface area contributed by atoms with Crippen molar-refractivity contribution < 1.29 is 14.3 Å². The highest BCUT2D eigenvalue weighted by molar-refractivity contribution is 5.85. The van der Waals surface area contributed by atoms with Crippen molar-refractivity contribution >= 4 is 11.9 Å². The maximum absolute atomic E-state index is 12.5. The van der Waals surface area contributed by atoms with Gasteiger partial charge in [0.25, 0.3) is 0 Å². The van der Waals surface area contributed by atoms with Crippen LogP contribution in [0, 0.1) is 23.7 Å². The number of hydrogen-bond acceptors (Lipinski definition) is 3. The van der Waals surface area contributed by atoms with Crippen LogP contribution in [0.5, 0.6) is 0 Å². The zero-order valence-electron chi connectivity index (χ0n) is 13.4. The van der Waals surface area contributed by atoms with Gasteiger partial charge in [-0.2, -0.15) is 0 Å². The van der Waals surface area contributed by atoms with Crippen LogP contribution in [-0.4, -0.2) is 24.5 Å². The number of rotatable bonds is 5. The van der Waals surface area contributed by atoms with Crippen molar-refractivity contribution in [3.63, 3.8) is 0 Å². The molecule has 0 bridgehead atoms. The lowest BCUT2D eigenvalue weighted by Gasteiger charge is -2.36. The molecule has 0 saturated heterocycles. The first kappa shape index (κ1) is 17.0. The van der Waals surface area contributed by atoms with Crippen LogP contribution in [0.2, 0.25) is 0 Å². The summed E-state index contributed by atoms with van der Waals surface area (Å²) >= 11 is 0. The van der Waals surface area contributed by atoms with Crippen molar-refractivity contribution in [2.45, 2.75) is 59.9 Å². The van der Waals surface area contributed by atoms with E-state index in [1.807, 2.05) is 0 Å². The Labute approximate surface area is 122 Å². The van der Waals surface area contributed by atoms with Crippen LogP contribution in [0.3, 0.4) is 0 Å². The molecule has 0 unspecified atom stereocenters. The summed E-state index contributed by atoms with van der Waals surface area (Å²) in [5, 5.41) is 2.83. The molecule has 1 saturated carbocycles. The number of nitrogens with one attached hydrogen (secondary N) is 1. The number of hydrogen-bond donors (Lipinski definition) is 1. The molecule has 0 heterocycles. The fourth-order valence-corrected chi connectivity index (χ4v) is 3.15. The minimum atomic E-state index is -0.563. The van der Waals surface area contributed by atoms with E-state index in [9.17, 15) is 9.59 Å². The molecule has 1 N–H and O–H groups in total. The highest BCUT2D eigenvalue weighted by Gasteiger charge is 2.36. The van der Waals surface area contributed by atoms with E-state index in [0.717, 1.165) is 12.8 Å². The van der Waals surface area contributed by atoms with Gasteiger partial charge in [0, 0.05) is 5.92 Å². The molecule has 0 radical (unpaired) electrons. The third-order valence-electron chi connectivity index (χ3n) is 4.36. The van der Waals surface area contributed by atoms with E-state index >= 15 is 0 Å². The van der Waals surface area contributed by atoms with Gasteiger partial charge in [-0.05, 0) is 44.4 Å². The smallest absolute Gasteiger partial charge is 0.328 e. The summed E-state index contributed by atoms with van der Waals surface area (Å²) in [6, 6.07) is -0.563. The van der Waals surface area contributed by atoms with Crippen molar-refractivity contribution in [2.24, 2.45) is 23.7 Å². The van der Waals surface area contributed by atoms with Crippen molar-refractivity contribution in [1.29, 1.82) is 0 Å². The minimum absolute atomic E-state index is 0.0100. The third-order valence-corrected chi connectivity index (χ3v) is 4.36. The number of esters is 1. The van der Waals surface area contributed by atoms with E-state index in [0.29, 0.717) is 24.4 Å². The first-order valence-corrected chi connectivity index (χ1v) is 7.83. The Balaban J connectivity index is 2.65. The summed E-state index contributed by atoms with van der Waals surface area (Å²) in [4.78, 5) is 24.1. The summed E-state index contributed by atoms with van der Waals surface area (Å²) in [5.41, 5.74) is 0. The number of carbonyl (C=O) groups excluding carboxylic acids is 2. The van der Waals surface area contributed by atoms with Crippen LogP contribution in [0.15, 0.2) is 0 Å². The Hall–Kier alpha value is -1.06. The molecule has 4 atom stereocenters. The van der Waals surface area contributed by atoms with Gasteiger partial charge in [0.1, 0.15) is 6.04 Å². The molecule has 1 fully saturated rings. The van der Waals surface area contributed by atoms with Crippen molar-refractivity contribution in [3.05, 3.63) is 0 Å². The molecule has 0 spiro atoms. The Morgan fingerprint density at radius 2 is 1.90 bits per heavy atom. The van der Waals surface area contributed by atoms with Gasteiger partial charge in [0.2, 0.25) is 5.91 Å². The Morgan fingerprint density at radius 1 is 1.25 bits per heavy atom. The minimum Gasteiger partial charge on any atom is -0.464 e. The molecule has 116 valence electrons. The summed E-state index contributed by atoms with van der Waals surface area (Å²) in [6.07, 6.45) is 3.22. The molecule has 0 aromatic heterocycles. The van der Waals surface area contributed by atoms with Crippen LogP contribution < -0.4 is 5.32 Å². The second-order valence-electron chi connectivity index (χ2n) is 6.41. The standard InChI is InChI=1S/C16H29NO3/c1-6-20-16(19)12(5)17-15(18)14-9-11(4)7-8-13(14)10(2)3/h10-14H,6-9H2,1-5H3,(H,17,18)/t11-,12-,13+,14-/m1/s1. The lowest BCUT2D eigenvalue weighted by atomic mass is 9.69. The van der Waals surface area contributed by atoms with Gasteiger partial charge in [0.15, 0.2) is 0 Å². The maximum Gasteiger partial charge on any atom is 0.328 e. The third kappa shape index (κ3) is 4.50. The molecule has 0 aliphatic heterocycles. The van der Waals surface area contributed by atoms with Gasteiger partial charge >= 0.3 is 5.97 Å². The normalized spacial score (nSPS) is 28.0. The fraction of sp³-hybridized carbons (Fsp3) is 0.875. The van der Waals surface area contributed by atoms with E-state index in [-0.39, 0.29) is 17.8 Å². The molecule has 1 aliphatic carbocycles. The van der Waals surface area contributed by atoms with E-state index in [4.69, 9.17) is 4.74 Å². The van der Waals surface area contributed by atoms with Crippen molar-refractivity contribution in [2.75, 3.05) is 6.61 Å². The summed E-state index contributed by atoms with van der Waals surface area (Å²) in [5.74, 6) is 1.17.